The molecule has 0 aliphatic heterocycles. The quantitative estimate of drug-likeness (QED) is 0.486. The molecular weight excluding hydrogens is 348 g/mol. The molecule has 0 fully saturated rings. The van der Waals surface area contributed by atoms with E-state index in [1.165, 1.54) is 7.11 Å². The highest BCUT2D eigenvalue weighted by molar-refractivity contribution is 6.05. The molecule has 0 bridgehead atoms. The van der Waals surface area contributed by atoms with Crippen molar-refractivity contribution in [2.24, 2.45) is 0 Å². The van der Waals surface area contributed by atoms with Gasteiger partial charge in [-0.1, -0.05) is 6.07 Å². The Morgan fingerprint density at radius 3 is 2.48 bits per heavy atom. The van der Waals surface area contributed by atoms with Crippen LogP contribution < -0.4 is 9.47 Å². The Morgan fingerprint density at radius 1 is 1.00 bits per heavy atom. The van der Waals surface area contributed by atoms with E-state index in [-0.39, 0.29) is 6.10 Å². The number of esters is 2. The first-order valence-corrected chi connectivity index (χ1v) is 8.49. The van der Waals surface area contributed by atoms with Gasteiger partial charge in [-0.15, -0.1) is 0 Å². The number of hydrogen-bond donors (Lipinski definition) is 0. The number of methoxy groups -OCH3 is 1. The van der Waals surface area contributed by atoms with Gasteiger partial charge in [-0.3, -0.25) is 0 Å². The fourth-order valence-corrected chi connectivity index (χ4v) is 2.71. The fourth-order valence-electron chi connectivity index (χ4n) is 2.71. The summed E-state index contributed by atoms with van der Waals surface area (Å²) in [6, 6.07) is 11.5. The van der Waals surface area contributed by atoms with Crippen molar-refractivity contribution < 1.29 is 28.2 Å². The molecule has 0 radical (unpaired) electrons. The van der Waals surface area contributed by atoms with Crippen molar-refractivity contribution in [1.29, 1.82) is 0 Å². The van der Waals surface area contributed by atoms with Gasteiger partial charge in [0.05, 0.1) is 18.8 Å². The van der Waals surface area contributed by atoms with Crippen molar-refractivity contribution in [3.8, 4) is 11.5 Å². The molecule has 0 atom stereocenters. The molecule has 1 aromatic heterocycles. The van der Waals surface area contributed by atoms with Gasteiger partial charge in [-0.05, 0) is 57.2 Å². The van der Waals surface area contributed by atoms with Crippen LogP contribution >= 0.6 is 0 Å². The number of ether oxygens (including phenoxy) is 3. The number of carbonyl (C=O) groups is 2. The van der Waals surface area contributed by atoms with Crippen LogP contribution in [0.5, 0.6) is 11.5 Å². The lowest BCUT2D eigenvalue weighted by atomic mass is 10.1. The van der Waals surface area contributed by atoms with E-state index >= 15 is 0 Å². The van der Waals surface area contributed by atoms with Crippen molar-refractivity contribution >= 4 is 22.9 Å². The van der Waals surface area contributed by atoms with E-state index in [1.54, 1.807) is 63.2 Å². The lowest BCUT2D eigenvalue weighted by molar-refractivity contribution is 0.0378. The van der Waals surface area contributed by atoms with Gasteiger partial charge < -0.3 is 18.6 Å². The van der Waals surface area contributed by atoms with Crippen molar-refractivity contribution in [3.63, 3.8) is 0 Å². The number of rotatable bonds is 5. The molecule has 1 heterocycles. The molecule has 0 amide bonds. The summed E-state index contributed by atoms with van der Waals surface area (Å²) in [5.74, 6) is 0.308. The summed E-state index contributed by atoms with van der Waals surface area (Å²) < 4.78 is 21.5. The molecule has 3 aromatic rings. The molecule has 27 heavy (non-hydrogen) atoms. The number of carbonyl (C=O) groups excluding carboxylic acids is 2. The van der Waals surface area contributed by atoms with Gasteiger partial charge >= 0.3 is 11.9 Å². The molecule has 0 aliphatic carbocycles. The van der Waals surface area contributed by atoms with E-state index in [0.29, 0.717) is 39.4 Å². The molecule has 0 saturated heterocycles. The lowest BCUT2D eigenvalue weighted by Crippen LogP contribution is -2.12. The van der Waals surface area contributed by atoms with Gasteiger partial charge in [-0.2, -0.15) is 0 Å². The SMILES string of the molecule is COc1cccc(C(=O)Oc2ccc3oc(C)c(C(=O)OC(C)C)c3c2)c1. The smallest absolute Gasteiger partial charge is 0.343 e. The summed E-state index contributed by atoms with van der Waals surface area (Å²) >= 11 is 0. The average Bonchev–Trinajstić information content (AvgIpc) is 2.96. The number of hydrogen-bond acceptors (Lipinski definition) is 6. The Hall–Kier alpha value is -3.28. The second-order valence-corrected chi connectivity index (χ2v) is 6.27. The Labute approximate surface area is 156 Å². The van der Waals surface area contributed by atoms with Crippen LogP contribution in [0.4, 0.5) is 0 Å². The first-order valence-electron chi connectivity index (χ1n) is 8.49. The summed E-state index contributed by atoms with van der Waals surface area (Å²) in [5.41, 5.74) is 1.21. The van der Waals surface area contributed by atoms with Crippen LogP contribution in [0.2, 0.25) is 0 Å². The van der Waals surface area contributed by atoms with Gasteiger partial charge in [-0.25, -0.2) is 9.59 Å². The van der Waals surface area contributed by atoms with Crippen molar-refractivity contribution in [2.45, 2.75) is 26.9 Å². The number of furan rings is 1. The maximum absolute atomic E-state index is 12.4. The molecule has 6 heteroatoms. The Kier molecular flexibility index (Phi) is 5.16. The zero-order valence-electron chi connectivity index (χ0n) is 15.6. The predicted molar refractivity (Wildman–Crippen MR) is 99.5 cm³/mol. The summed E-state index contributed by atoms with van der Waals surface area (Å²) in [7, 11) is 1.53. The fraction of sp³-hybridized carbons (Fsp3) is 0.238. The van der Waals surface area contributed by atoms with Crippen LogP contribution in [-0.4, -0.2) is 25.2 Å². The van der Waals surface area contributed by atoms with Crippen LogP contribution in [0.15, 0.2) is 46.9 Å². The Balaban J connectivity index is 1.91. The predicted octanol–water partition coefficient (Wildman–Crippen LogP) is 4.53. The monoisotopic (exact) mass is 368 g/mol. The van der Waals surface area contributed by atoms with E-state index in [1.807, 2.05) is 0 Å². The summed E-state index contributed by atoms with van der Waals surface area (Å²) in [6.45, 7) is 5.24. The Bertz CT molecular complexity index is 999. The zero-order valence-corrected chi connectivity index (χ0v) is 15.6. The number of fused-ring (bicyclic) bond motifs is 1. The van der Waals surface area contributed by atoms with Crippen LogP contribution in [0.25, 0.3) is 11.0 Å². The second kappa shape index (κ2) is 7.53. The van der Waals surface area contributed by atoms with E-state index in [4.69, 9.17) is 18.6 Å². The second-order valence-electron chi connectivity index (χ2n) is 6.27. The number of aryl methyl sites for hydroxylation is 1. The first kappa shape index (κ1) is 18.5. The molecule has 6 nitrogen and oxygen atoms in total. The molecular formula is C21H20O6. The van der Waals surface area contributed by atoms with E-state index in [2.05, 4.69) is 0 Å². The highest BCUT2D eigenvalue weighted by atomic mass is 16.5. The molecule has 0 N–H and O–H groups in total. The highest BCUT2D eigenvalue weighted by Gasteiger charge is 2.21. The van der Waals surface area contributed by atoms with Gasteiger partial charge in [0.2, 0.25) is 0 Å². The van der Waals surface area contributed by atoms with Gasteiger partial charge in [0.1, 0.15) is 28.4 Å². The first-order chi connectivity index (χ1) is 12.9. The van der Waals surface area contributed by atoms with Crippen molar-refractivity contribution in [1.82, 2.24) is 0 Å². The minimum absolute atomic E-state index is 0.254. The van der Waals surface area contributed by atoms with E-state index in [0.717, 1.165) is 0 Å². The lowest BCUT2D eigenvalue weighted by Gasteiger charge is -2.08. The normalized spacial score (nSPS) is 10.9. The van der Waals surface area contributed by atoms with Gasteiger partial charge in [0.25, 0.3) is 0 Å². The van der Waals surface area contributed by atoms with E-state index < -0.39 is 11.9 Å². The average molecular weight is 368 g/mol. The zero-order chi connectivity index (χ0) is 19.6. The minimum atomic E-state index is -0.528. The van der Waals surface area contributed by atoms with Crippen LogP contribution in [0.1, 0.15) is 40.3 Å². The molecule has 140 valence electrons. The third-order valence-corrected chi connectivity index (χ3v) is 3.90. The van der Waals surface area contributed by atoms with Crippen LogP contribution in [0.3, 0.4) is 0 Å². The largest absolute Gasteiger partial charge is 0.497 e. The summed E-state index contributed by atoms with van der Waals surface area (Å²) in [6.07, 6.45) is -0.254. The minimum Gasteiger partial charge on any atom is -0.497 e. The molecule has 3 rings (SSSR count). The summed E-state index contributed by atoms with van der Waals surface area (Å²) in [4.78, 5) is 24.8. The van der Waals surface area contributed by atoms with E-state index in [9.17, 15) is 9.59 Å². The van der Waals surface area contributed by atoms with Crippen molar-refractivity contribution in [3.05, 3.63) is 59.4 Å². The summed E-state index contributed by atoms with van der Waals surface area (Å²) in [5, 5.41) is 0.536. The topological polar surface area (TPSA) is 75.0 Å². The molecule has 0 unspecified atom stereocenters. The molecule has 0 spiro atoms. The Morgan fingerprint density at radius 2 is 1.78 bits per heavy atom. The van der Waals surface area contributed by atoms with Gasteiger partial charge in [0.15, 0.2) is 0 Å². The third kappa shape index (κ3) is 3.95. The highest BCUT2D eigenvalue weighted by Crippen LogP contribution is 2.30. The third-order valence-electron chi connectivity index (χ3n) is 3.90. The molecule has 0 saturated carbocycles. The van der Waals surface area contributed by atoms with Gasteiger partial charge in [0, 0.05) is 5.39 Å². The van der Waals surface area contributed by atoms with Crippen LogP contribution in [-0.2, 0) is 4.74 Å². The maximum Gasteiger partial charge on any atom is 0.343 e. The van der Waals surface area contributed by atoms with Crippen LogP contribution in [0, 0.1) is 6.92 Å². The standard InChI is InChI=1S/C21H20O6/c1-12(2)25-21(23)19-13(3)26-18-9-8-16(11-17(18)19)27-20(22)14-6-5-7-15(10-14)24-4/h5-12H,1-4H3. The molecule has 0 aliphatic rings. The molecule has 2 aromatic carbocycles. The maximum atomic E-state index is 12.4. The number of benzene rings is 2. The van der Waals surface area contributed by atoms with Crippen molar-refractivity contribution in [2.75, 3.05) is 7.11 Å².